The van der Waals surface area contributed by atoms with Crippen molar-refractivity contribution in [1.29, 1.82) is 0 Å². The molecule has 0 aliphatic heterocycles. The Kier molecular flexibility index (Phi) is 4.76. The molecule has 0 amide bonds. The summed E-state index contributed by atoms with van der Waals surface area (Å²) in [5.41, 5.74) is -0.238. The fraction of sp³-hybridized carbons (Fsp3) is 0.462. The molecule has 0 aliphatic rings. The molecule has 1 atom stereocenters. The molecule has 1 unspecified atom stereocenters. The fourth-order valence-electron chi connectivity index (χ4n) is 1.17. The second-order valence-electron chi connectivity index (χ2n) is 5.14. The summed E-state index contributed by atoms with van der Waals surface area (Å²) in [6, 6.07) is 3.65. The third kappa shape index (κ3) is 3.99. The van der Waals surface area contributed by atoms with E-state index in [1.807, 2.05) is 20.8 Å². The second kappa shape index (κ2) is 5.71. The normalized spacial score (nSPS) is 13.4. The van der Waals surface area contributed by atoms with Crippen molar-refractivity contribution in [1.82, 2.24) is 0 Å². The molecule has 0 spiro atoms. The largest absolute Gasteiger partial charge is 0.478 e. The van der Waals surface area contributed by atoms with E-state index in [1.165, 1.54) is 12.1 Å². The highest BCUT2D eigenvalue weighted by molar-refractivity contribution is 7.99. The van der Waals surface area contributed by atoms with Gasteiger partial charge in [-0.25, -0.2) is 9.18 Å². The monoisotopic (exact) mass is 272 g/mol. The molecule has 1 rings (SSSR count). The molecular weight excluding hydrogens is 255 g/mol. The number of benzene rings is 1. The molecule has 0 radical (unpaired) electrons. The average molecular weight is 272 g/mol. The van der Waals surface area contributed by atoms with Crippen molar-refractivity contribution in [2.75, 3.05) is 5.75 Å². The van der Waals surface area contributed by atoms with Crippen LogP contribution in [-0.2, 0) is 0 Å². The lowest BCUT2D eigenvalue weighted by atomic mass is 9.90. The molecular formula is C13H17FO3S. The van der Waals surface area contributed by atoms with Gasteiger partial charge >= 0.3 is 5.97 Å². The van der Waals surface area contributed by atoms with Gasteiger partial charge in [-0.05, 0) is 23.6 Å². The predicted molar refractivity (Wildman–Crippen MR) is 69.5 cm³/mol. The Morgan fingerprint density at radius 1 is 1.44 bits per heavy atom. The zero-order valence-corrected chi connectivity index (χ0v) is 11.4. The number of hydrogen-bond donors (Lipinski definition) is 2. The number of carbonyl (C=O) groups is 1. The molecule has 5 heteroatoms. The summed E-state index contributed by atoms with van der Waals surface area (Å²) in [5.74, 6) is -1.23. The Labute approximate surface area is 110 Å². The Morgan fingerprint density at radius 2 is 2.06 bits per heavy atom. The molecule has 0 bridgehead atoms. The molecule has 100 valence electrons. The molecule has 0 saturated carbocycles. The number of carboxylic acid groups (broad SMARTS) is 1. The van der Waals surface area contributed by atoms with Crippen LogP contribution in [0.5, 0.6) is 0 Å². The molecule has 0 aromatic heterocycles. The summed E-state index contributed by atoms with van der Waals surface area (Å²) >= 11 is 1.13. The molecule has 0 aliphatic carbocycles. The lowest BCUT2D eigenvalue weighted by Gasteiger charge is -2.25. The number of aliphatic hydroxyl groups excluding tert-OH is 1. The van der Waals surface area contributed by atoms with E-state index in [1.54, 1.807) is 0 Å². The number of thioether (sulfide) groups is 1. The van der Waals surface area contributed by atoms with Crippen molar-refractivity contribution >= 4 is 17.7 Å². The summed E-state index contributed by atoms with van der Waals surface area (Å²) in [6.07, 6.45) is -0.588. The fourth-order valence-corrected chi connectivity index (χ4v) is 2.42. The van der Waals surface area contributed by atoms with Crippen LogP contribution in [0, 0.1) is 11.2 Å². The van der Waals surface area contributed by atoms with E-state index in [9.17, 15) is 14.3 Å². The molecule has 1 aromatic rings. The van der Waals surface area contributed by atoms with Crippen LogP contribution in [0.15, 0.2) is 23.1 Å². The van der Waals surface area contributed by atoms with Crippen LogP contribution in [0.1, 0.15) is 31.1 Å². The Hall–Kier alpha value is -1.07. The molecule has 0 saturated heterocycles. The Morgan fingerprint density at radius 3 is 2.56 bits per heavy atom. The quantitative estimate of drug-likeness (QED) is 0.827. The van der Waals surface area contributed by atoms with Gasteiger partial charge in [0.1, 0.15) is 5.82 Å². The SMILES string of the molecule is CC(C)(C)C(O)CSc1cc(C(=O)O)ccc1F. The van der Waals surface area contributed by atoms with Crippen LogP contribution < -0.4 is 0 Å². The van der Waals surface area contributed by atoms with E-state index in [-0.39, 0.29) is 15.9 Å². The molecule has 18 heavy (non-hydrogen) atoms. The number of hydrogen-bond acceptors (Lipinski definition) is 3. The highest BCUT2D eigenvalue weighted by Gasteiger charge is 2.22. The van der Waals surface area contributed by atoms with Crippen molar-refractivity contribution in [2.24, 2.45) is 5.41 Å². The van der Waals surface area contributed by atoms with Crippen molar-refractivity contribution < 1.29 is 19.4 Å². The minimum absolute atomic E-state index is 0.0455. The average Bonchev–Trinajstić information content (AvgIpc) is 2.25. The standard InChI is InChI=1S/C13H17FO3S/c1-13(2,3)11(15)7-18-10-6-8(12(16)17)4-5-9(10)14/h4-6,11,15H,7H2,1-3H3,(H,16,17). The first-order valence-electron chi connectivity index (χ1n) is 5.55. The minimum Gasteiger partial charge on any atom is -0.478 e. The number of carboxylic acids is 1. The van der Waals surface area contributed by atoms with Gasteiger partial charge in [-0.2, -0.15) is 0 Å². The smallest absolute Gasteiger partial charge is 0.335 e. The van der Waals surface area contributed by atoms with Gasteiger partial charge in [0, 0.05) is 10.6 Å². The van der Waals surface area contributed by atoms with E-state index in [2.05, 4.69) is 0 Å². The molecule has 0 fully saturated rings. The molecule has 2 N–H and O–H groups in total. The van der Waals surface area contributed by atoms with E-state index in [0.717, 1.165) is 17.8 Å². The first-order chi connectivity index (χ1) is 8.21. The summed E-state index contributed by atoms with van der Waals surface area (Å²) < 4.78 is 13.5. The van der Waals surface area contributed by atoms with Crippen molar-refractivity contribution in [3.05, 3.63) is 29.6 Å². The number of rotatable bonds is 4. The maximum absolute atomic E-state index is 13.5. The topological polar surface area (TPSA) is 57.5 Å². The third-order valence-corrected chi connectivity index (χ3v) is 3.68. The van der Waals surface area contributed by atoms with Gasteiger partial charge in [0.2, 0.25) is 0 Å². The van der Waals surface area contributed by atoms with Crippen LogP contribution >= 0.6 is 11.8 Å². The lowest BCUT2D eigenvalue weighted by Crippen LogP contribution is -2.28. The van der Waals surface area contributed by atoms with E-state index in [0.29, 0.717) is 5.75 Å². The van der Waals surface area contributed by atoms with Gasteiger partial charge in [0.25, 0.3) is 0 Å². The molecule has 1 aromatic carbocycles. The van der Waals surface area contributed by atoms with Crippen LogP contribution in [0.2, 0.25) is 0 Å². The maximum atomic E-state index is 13.5. The predicted octanol–water partition coefficient (Wildman–Crippen LogP) is 3.02. The Balaban J connectivity index is 2.78. The van der Waals surface area contributed by atoms with Crippen LogP contribution in [-0.4, -0.2) is 28.0 Å². The van der Waals surface area contributed by atoms with Gasteiger partial charge in [-0.15, -0.1) is 11.8 Å². The van der Waals surface area contributed by atoms with Gasteiger partial charge < -0.3 is 10.2 Å². The summed E-state index contributed by atoms with van der Waals surface area (Å²) in [5, 5.41) is 18.7. The van der Waals surface area contributed by atoms with Crippen molar-refractivity contribution in [3.63, 3.8) is 0 Å². The first-order valence-corrected chi connectivity index (χ1v) is 6.54. The summed E-state index contributed by atoms with van der Waals surface area (Å²) in [4.78, 5) is 11.0. The maximum Gasteiger partial charge on any atom is 0.335 e. The van der Waals surface area contributed by atoms with Crippen LogP contribution in [0.25, 0.3) is 0 Å². The van der Waals surface area contributed by atoms with Gasteiger partial charge in [0.15, 0.2) is 0 Å². The van der Waals surface area contributed by atoms with Gasteiger partial charge in [0.05, 0.1) is 11.7 Å². The number of halogens is 1. The van der Waals surface area contributed by atoms with Gasteiger partial charge in [-0.3, -0.25) is 0 Å². The summed E-state index contributed by atoms with van der Waals surface area (Å²) in [6.45, 7) is 5.67. The van der Waals surface area contributed by atoms with E-state index >= 15 is 0 Å². The zero-order chi connectivity index (χ0) is 13.9. The van der Waals surface area contributed by atoms with Crippen molar-refractivity contribution in [3.8, 4) is 0 Å². The zero-order valence-electron chi connectivity index (χ0n) is 10.6. The second-order valence-corrected chi connectivity index (χ2v) is 6.21. The Bertz CT molecular complexity index is 440. The highest BCUT2D eigenvalue weighted by Crippen LogP contribution is 2.28. The number of aromatic carboxylic acids is 1. The summed E-state index contributed by atoms with van der Waals surface area (Å²) in [7, 11) is 0. The van der Waals surface area contributed by atoms with E-state index < -0.39 is 17.9 Å². The lowest BCUT2D eigenvalue weighted by molar-refractivity contribution is 0.0696. The van der Waals surface area contributed by atoms with Crippen molar-refractivity contribution in [2.45, 2.75) is 31.8 Å². The van der Waals surface area contributed by atoms with Gasteiger partial charge in [-0.1, -0.05) is 20.8 Å². The van der Waals surface area contributed by atoms with Crippen LogP contribution in [0.3, 0.4) is 0 Å². The highest BCUT2D eigenvalue weighted by atomic mass is 32.2. The molecule has 3 nitrogen and oxygen atoms in total. The first kappa shape index (κ1) is 15.0. The third-order valence-electron chi connectivity index (χ3n) is 2.57. The number of aliphatic hydroxyl groups is 1. The minimum atomic E-state index is -1.09. The van der Waals surface area contributed by atoms with Crippen LogP contribution in [0.4, 0.5) is 4.39 Å². The molecule has 0 heterocycles. The van der Waals surface area contributed by atoms with E-state index in [4.69, 9.17) is 5.11 Å².